The van der Waals surface area contributed by atoms with Gasteiger partial charge >= 0.3 is 0 Å². The highest BCUT2D eigenvalue weighted by molar-refractivity contribution is 7.80. The van der Waals surface area contributed by atoms with E-state index in [1.54, 1.807) is 0 Å². The van der Waals surface area contributed by atoms with Crippen molar-refractivity contribution in [3.8, 4) is 0 Å². The summed E-state index contributed by atoms with van der Waals surface area (Å²) in [6.07, 6.45) is 7.12. The predicted molar refractivity (Wildman–Crippen MR) is 135 cm³/mol. The molecule has 31 heavy (non-hydrogen) atoms. The molecule has 170 valence electrons. The first-order valence-electron chi connectivity index (χ1n) is 11.9. The zero-order chi connectivity index (χ0) is 22.2. The van der Waals surface area contributed by atoms with Crippen LogP contribution in [0.5, 0.6) is 0 Å². The Kier molecular flexibility index (Phi) is 8.90. The van der Waals surface area contributed by atoms with Crippen molar-refractivity contribution in [3.63, 3.8) is 0 Å². The lowest BCUT2D eigenvalue weighted by Crippen LogP contribution is -2.47. The Morgan fingerprint density at radius 3 is 2.65 bits per heavy atom. The van der Waals surface area contributed by atoms with Crippen molar-refractivity contribution in [2.24, 2.45) is 0 Å². The molecule has 3 rings (SSSR count). The van der Waals surface area contributed by atoms with E-state index in [0.29, 0.717) is 12.6 Å². The van der Waals surface area contributed by atoms with Gasteiger partial charge < -0.3 is 20.1 Å². The van der Waals surface area contributed by atoms with E-state index in [9.17, 15) is 4.79 Å². The van der Waals surface area contributed by atoms with E-state index in [4.69, 9.17) is 12.2 Å². The largest absolute Gasteiger partial charge is 0.363 e. The second-order valence-electron chi connectivity index (χ2n) is 8.69. The van der Waals surface area contributed by atoms with Gasteiger partial charge in [0.05, 0.1) is 12.1 Å². The summed E-state index contributed by atoms with van der Waals surface area (Å²) in [7, 11) is 0. The minimum absolute atomic E-state index is 0.00746. The maximum Gasteiger partial charge on any atom is 0.253 e. The van der Waals surface area contributed by atoms with Crippen molar-refractivity contribution in [1.29, 1.82) is 0 Å². The average molecular weight is 443 g/mol. The number of benzene rings is 1. The number of aryl methyl sites for hydroxylation is 1. The molecule has 2 N–H and O–H groups in total. The van der Waals surface area contributed by atoms with Crippen LogP contribution in [-0.2, 0) is 6.54 Å². The number of aromatic amines is 1. The maximum atomic E-state index is 12.9. The van der Waals surface area contributed by atoms with Gasteiger partial charge in [0, 0.05) is 18.2 Å². The zero-order valence-electron chi connectivity index (χ0n) is 19.4. The standard InChI is InChI=1S/C25H38N4OS/c1-4-28(5-2)16-10-15-26-25(31)29(22-13-7-6-8-14-22)18-21-17-20-12-9-11-19(3)23(20)27-24(21)30/h9,11-12,17,22H,4-8,10,13-16,18H2,1-3H3,(H,26,31)(H,27,30). The smallest absolute Gasteiger partial charge is 0.253 e. The van der Waals surface area contributed by atoms with E-state index < -0.39 is 0 Å². The van der Waals surface area contributed by atoms with Gasteiger partial charge in [-0.3, -0.25) is 4.79 Å². The molecule has 0 spiro atoms. The van der Waals surface area contributed by atoms with Crippen LogP contribution >= 0.6 is 12.2 Å². The molecule has 1 aliphatic rings. The third-order valence-electron chi connectivity index (χ3n) is 6.60. The molecule has 1 aromatic heterocycles. The molecule has 0 aliphatic heterocycles. The number of nitrogens with one attached hydrogen (secondary N) is 2. The lowest BCUT2D eigenvalue weighted by Gasteiger charge is -2.36. The number of fused-ring (bicyclic) bond motifs is 1. The maximum absolute atomic E-state index is 12.9. The summed E-state index contributed by atoms with van der Waals surface area (Å²) < 4.78 is 0. The molecule has 5 nitrogen and oxygen atoms in total. The molecule has 1 fully saturated rings. The van der Waals surface area contributed by atoms with Crippen LogP contribution in [0.4, 0.5) is 0 Å². The van der Waals surface area contributed by atoms with Gasteiger partial charge in [0.2, 0.25) is 0 Å². The monoisotopic (exact) mass is 442 g/mol. The lowest BCUT2D eigenvalue weighted by atomic mass is 9.94. The SMILES string of the molecule is CCN(CC)CCCNC(=S)N(Cc1cc2cccc(C)c2[nH]c1=O)C1CCCCC1. The molecule has 1 heterocycles. The zero-order valence-corrected chi connectivity index (χ0v) is 20.2. The van der Waals surface area contributed by atoms with E-state index in [2.05, 4.69) is 40.0 Å². The van der Waals surface area contributed by atoms with Crippen LogP contribution in [-0.4, -0.2) is 52.1 Å². The quantitative estimate of drug-likeness (QED) is 0.440. The number of para-hydroxylation sites is 1. The molecule has 0 unspecified atom stereocenters. The van der Waals surface area contributed by atoms with E-state index in [1.165, 1.54) is 19.3 Å². The Balaban J connectivity index is 1.73. The first-order chi connectivity index (χ1) is 15.0. The van der Waals surface area contributed by atoms with Crippen LogP contribution < -0.4 is 10.9 Å². The van der Waals surface area contributed by atoms with Crippen LogP contribution in [0.25, 0.3) is 10.9 Å². The number of thiocarbonyl (C=S) groups is 1. The molecule has 6 heteroatoms. The molecule has 0 bridgehead atoms. The molecule has 0 radical (unpaired) electrons. The van der Waals surface area contributed by atoms with Crippen molar-refractivity contribution in [3.05, 3.63) is 45.7 Å². The van der Waals surface area contributed by atoms with E-state index in [1.807, 2.05) is 25.1 Å². The van der Waals surface area contributed by atoms with Crippen LogP contribution in [0.1, 0.15) is 63.5 Å². The van der Waals surface area contributed by atoms with Gasteiger partial charge in [-0.1, -0.05) is 51.3 Å². The molecule has 1 aliphatic carbocycles. The summed E-state index contributed by atoms with van der Waals surface area (Å²) in [5.41, 5.74) is 2.80. The van der Waals surface area contributed by atoms with Crippen LogP contribution in [0.2, 0.25) is 0 Å². The van der Waals surface area contributed by atoms with Crippen molar-refractivity contribution < 1.29 is 0 Å². The normalized spacial score (nSPS) is 14.8. The van der Waals surface area contributed by atoms with Gasteiger partial charge in [-0.05, 0) is 75.1 Å². The molecular weight excluding hydrogens is 404 g/mol. The summed E-state index contributed by atoms with van der Waals surface area (Å²) in [5, 5.41) is 5.36. The minimum atomic E-state index is -0.00746. The molecule has 2 aromatic rings. The topological polar surface area (TPSA) is 51.4 Å². The fourth-order valence-electron chi connectivity index (χ4n) is 4.63. The van der Waals surface area contributed by atoms with Crippen molar-refractivity contribution >= 4 is 28.2 Å². The Bertz CT molecular complexity index is 915. The molecular formula is C25H38N4OS. The van der Waals surface area contributed by atoms with Gasteiger partial charge in [-0.2, -0.15) is 0 Å². The fraction of sp³-hybridized carbons (Fsp3) is 0.600. The van der Waals surface area contributed by atoms with E-state index >= 15 is 0 Å². The summed E-state index contributed by atoms with van der Waals surface area (Å²) in [6.45, 7) is 11.1. The number of hydrogen-bond donors (Lipinski definition) is 2. The van der Waals surface area contributed by atoms with Gasteiger partial charge in [-0.15, -0.1) is 0 Å². The Labute approximate surface area is 192 Å². The lowest BCUT2D eigenvalue weighted by molar-refractivity contribution is 0.233. The average Bonchev–Trinajstić information content (AvgIpc) is 2.79. The van der Waals surface area contributed by atoms with Gasteiger partial charge in [-0.25, -0.2) is 0 Å². The minimum Gasteiger partial charge on any atom is -0.363 e. The number of hydrogen-bond acceptors (Lipinski definition) is 3. The summed E-state index contributed by atoms with van der Waals surface area (Å²) in [6, 6.07) is 8.59. The second-order valence-corrected chi connectivity index (χ2v) is 9.08. The summed E-state index contributed by atoms with van der Waals surface area (Å²) in [4.78, 5) is 20.7. The number of rotatable bonds is 9. The van der Waals surface area contributed by atoms with Gasteiger partial charge in [0.25, 0.3) is 5.56 Å². The molecule has 1 saturated carbocycles. The second kappa shape index (κ2) is 11.6. The molecule has 0 saturated heterocycles. The van der Waals surface area contributed by atoms with Crippen molar-refractivity contribution in [2.45, 2.75) is 71.9 Å². The summed E-state index contributed by atoms with van der Waals surface area (Å²) in [5.74, 6) is 0. The Morgan fingerprint density at radius 2 is 1.94 bits per heavy atom. The van der Waals surface area contributed by atoms with E-state index in [0.717, 1.165) is 72.6 Å². The number of pyridine rings is 1. The highest BCUT2D eigenvalue weighted by Gasteiger charge is 2.24. The first-order valence-corrected chi connectivity index (χ1v) is 12.3. The highest BCUT2D eigenvalue weighted by Crippen LogP contribution is 2.24. The third kappa shape index (κ3) is 6.30. The Hall–Kier alpha value is -1.92. The third-order valence-corrected chi connectivity index (χ3v) is 6.98. The van der Waals surface area contributed by atoms with Crippen molar-refractivity contribution in [1.82, 2.24) is 20.1 Å². The highest BCUT2D eigenvalue weighted by atomic mass is 32.1. The molecule has 0 amide bonds. The fourth-order valence-corrected chi connectivity index (χ4v) is 4.94. The Morgan fingerprint density at radius 1 is 1.19 bits per heavy atom. The van der Waals surface area contributed by atoms with Gasteiger partial charge in [0.15, 0.2) is 5.11 Å². The van der Waals surface area contributed by atoms with Gasteiger partial charge in [0.1, 0.15) is 0 Å². The molecule has 0 atom stereocenters. The number of nitrogens with zero attached hydrogens (tertiary/aromatic N) is 2. The predicted octanol–water partition coefficient (Wildman–Crippen LogP) is 4.58. The number of aromatic nitrogens is 1. The van der Waals surface area contributed by atoms with E-state index in [-0.39, 0.29) is 5.56 Å². The molecule has 1 aromatic carbocycles. The van der Waals surface area contributed by atoms with Crippen LogP contribution in [0.15, 0.2) is 29.1 Å². The first kappa shape index (κ1) is 23.7. The summed E-state index contributed by atoms with van der Waals surface area (Å²) >= 11 is 5.84. The number of H-pyrrole nitrogens is 1. The van der Waals surface area contributed by atoms with Crippen LogP contribution in [0.3, 0.4) is 0 Å². The van der Waals surface area contributed by atoms with Crippen molar-refractivity contribution in [2.75, 3.05) is 26.2 Å². The van der Waals surface area contributed by atoms with Crippen LogP contribution in [0, 0.1) is 6.92 Å².